The van der Waals surface area contributed by atoms with Crippen LogP contribution >= 0.6 is 15.9 Å². The van der Waals surface area contributed by atoms with E-state index in [0.29, 0.717) is 15.9 Å². The molecule has 0 unspecified atom stereocenters. The van der Waals surface area contributed by atoms with E-state index in [-0.39, 0.29) is 11.4 Å². The highest BCUT2D eigenvalue weighted by molar-refractivity contribution is 9.10. The molecule has 1 aromatic heterocycles. The number of halogens is 1. The molecule has 8 heteroatoms. The van der Waals surface area contributed by atoms with Gasteiger partial charge in [0.1, 0.15) is 5.69 Å². The molecule has 2 aromatic rings. The molecule has 110 valence electrons. The standard InChI is InChI=1S/C13H13BrN4O3/c1-7-4-5-10(9(14)6-7)15-13(19)11-12(18(20)21)8(2)17(3)16-11/h4-6H,1-3H3,(H,15,19). The van der Waals surface area contributed by atoms with Gasteiger partial charge in [-0.3, -0.25) is 19.6 Å². The van der Waals surface area contributed by atoms with Gasteiger partial charge in [0.25, 0.3) is 5.91 Å². The fourth-order valence-electron chi connectivity index (χ4n) is 1.87. The SMILES string of the molecule is Cc1ccc(NC(=O)c2nn(C)c(C)c2[N+](=O)[O-])c(Br)c1. The Labute approximate surface area is 129 Å². The first kappa shape index (κ1) is 15.2. The van der Waals surface area contributed by atoms with Gasteiger partial charge in [-0.2, -0.15) is 5.10 Å². The molecule has 1 N–H and O–H groups in total. The highest BCUT2D eigenvalue weighted by Gasteiger charge is 2.29. The maximum atomic E-state index is 12.2. The van der Waals surface area contributed by atoms with E-state index in [1.807, 2.05) is 19.1 Å². The van der Waals surface area contributed by atoms with Crippen molar-refractivity contribution in [3.8, 4) is 0 Å². The van der Waals surface area contributed by atoms with Crippen LogP contribution in [0.2, 0.25) is 0 Å². The Morgan fingerprint density at radius 2 is 2.10 bits per heavy atom. The summed E-state index contributed by atoms with van der Waals surface area (Å²) >= 11 is 3.34. The summed E-state index contributed by atoms with van der Waals surface area (Å²) in [6.07, 6.45) is 0. The van der Waals surface area contributed by atoms with Crippen LogP contribution < -0.4 is 5.32 Å². The first-order chi connectivity index (χ1) is 9.81. The largest absolute Gasteiger partial charge is 0.322 e. The van der Waals surface area contributed by atoms with Crippen molar-refractivity contribution in [2.24, 2.45) is 7.05 Å². The number of carbonyl (C=O) groups is 1. The van der Waals surface area contributed by atoms with E-state index in [9.17, 15) is 14.9 Å². The van der Waals surface area contributed by atoms with Gasteiger partial charge in [-0.15, -0.1) is 0 Å². The molecule has 0 bridgehead atoms. The molecule has 1 aromatic carbocycles. The lowest BCUT2D eigenvalue weighted by Gasteiger charge is -2.06. The van der Waals surface area contributed by atoms with Gasteiger partial charge in [0.15, 0.2) is 0 Å². The topological polar surface area (TPSA) is 90.1 Å². The minimum atomic E-state index is -0.616. The summed E-state index contributed by atoms with van der Waals surface area (Å²) < 4.78 is 2.02. The summed E-state index contributed by atoms with van der Waals surface area (Å²) in [5.41, 5.74) is 1.40. The summed E-state index contributed by atoms with van der Waals surface area (Å²) in [6, 6.07) is 5.39. The second kappa shape index (κ2) is 5.65. The summed E-state index contributed by atoms with van der Waals surface area (Å²) in [4.78, 5) is 22.7. The first-order valence-electron chi connectivity index (χ1n) is 6.06. The van der Waals surface area contributed by atoms with E-state index in [1.165, 1.54) is 4.68 Å². The highest BCUT2D eigenvalue weighted by Crippen LogP contribution is 2.26. The quantitative estimate of drug-likeness (QED) is 0.679. The lowest BCUT2D eigenvalue weighted by molar-refractivity contribution is -0.385. The molecule has 2 rings (SSSR count). The monoisotopic (exact) mass is 352 g/mol. The molecule has 0 fully saturated rings. The zero-order valence-corrected chi connectivity index (χ0v) is 13.3. The molecular formula is C13H13BrN4O3. The minimum absolute atomic E-state index is 0.201. The average Bonchev–Trinajstić information content (AvgIpc) is 2.69. The number of benzene rings is 1. The number of hydrogen-bond acceptors (Lipinski definition) is 4. The van der Waals surface area contributed by atoms with Crippen LogP contribution in [0, 0.1) is 24.0 Å². The zero-order chi connectivity index (χ0) is 15.7. The Balaban J connectivity index is 2.37. The molecular weight excluding hydrogens is 340 g/mol. The summed E-state index contributed by atoms with van der Waals surface area (Å²) in [7, 11) is 1.56. The van der Waals surface area contributed by atoms with Crippen LogP contribution in [0.4, 0.5) is 11.4 Å². The van der Waals surface area contributed by atoms with Crippen LogP contribution in [0.1, 0.15) is 21.7 Å². The van der Waals surface area contributed by atoms with Crippen molar-refractivity contribution >= 4 is 33.2 Å². The highest BCUT2D eigenvalue weighted by atomic mass is 79.9. The van der Waals surface area contributed by atoms with Crippen LogP contribution in [0.15, 0.2) is 22.7 Å². The Morgan fingerprint density at radius 1 is 1.43 bits per heavy atom. The number of hydrogen-bond donors (Lipinski definition) is 1. The van der Waals surface area contributed by atoms with E-state index in [1.54, 1.807) is 20.0 Å². The molecule has 0 atom stereocenters. The Kier molecular flexibility index (Phi) is 4.08. The molecule has 0 aliphatic carbocycles. The number of rotatable bonds is 3. The summed E-state index contributed by atoms with van der Waals surface area (Å²) in [6.45, 7) is 3.47. The van der Waals surface area contributed by atoms with Crippen LogP contribution in [-0.4, -0.2) is 20.6 Å². The second-order valence-electron chi connectivity index (χ2n) is 4.60. The normalized spacial score (nSPS) is 10.5. The van der Waals surface area contributed by atoms with Crippen LogP contribution in [0.3, 0.4) is 0 Å². The number of nitrogens with one attached hydrogen (secondary N) is 1. The van der Waals surface area contributed by atoms with Crippen LogP contribution in [0.5, 0.6) is 0 Å². The van der Waals surface area contributed by atoms with Crippen molar-refractivity contribution < 1.29 is 9.72 Å². The second-order valence-corrected chi connectivity index (χ2v) is 5.46. The predicted molar refractivity (Wildman–Crippen MR) is 81.4 cm³/mol. The maximum Gasteiger partial charge on any atom is 0.322 e. The molecule has 0 spiro atoms. The molecule has 0 aliphatic rings. The zero-order valence-electron chi connectivity index (χ0n) is 11.7. The smallest absolute Gasteiger partial charge is 0.319 e. The van der Waals surface area contributed by atoms with Crippen molar-refractivity contribution in [3.63, 3.8) is 0 Å². The van der Waals surface area contributed by atoms with E-state index in [0.717, 1.165) is 5.56 Å². The molecule has 1 heterocycles. The molecule has 0 saturated heterocycles. The average molecular weight is 353 g/mol. The molecule has 21 heavy (non-hydrogen) atoms. The predicted octanol–water partition coefficient (Wildman–Crippen LogP) is 2.96. The molecule has 7 nitrogen and oxygen atoms in total. The Hall–Kier alpha value is -2.22. The van der Waals surface area contributed by atoms with Gasteiger partial charge in [0, 0.05) is 11.5 Å². The van der Waals surface area contributed by atoms with Gasteiger partial charge >= 0.3 is 5.69 Å². The maximum absolute atomic E-state index is 12.2. The third-order valence-corrected chi connectivity index (χ3v) is 3.73. The number of aryl methyl sites for hydroxylation is 2. The Morgan fingerprint density at radius 3 is 2.67 bits per heavy atom. The molecule has 0 aliphatic heterocycles. The minimum Gasteiger partial charge on any atom is -0.319 e. The number of nitro groups is 1. The van der Waals surface area contributed by atoms with Gasteiger partial charge < -0.3 is 5.32 Å². The van der Waals surface area contributed by atoms with Gasteiger partial charge in [-0.25, -0.2) is 0 Å². The van der Waals surface area contributed by atoms with Crippen molar-refractivity contribution in [2.75, 3.05) is 5.32 Å². The number of carbonyl (C=O) groups excluding carboxylic acids is 1. The number of amides is 1. The summed E-state index contributed by atoms with van der Waals surface area (Å²) in [5, 5.41) is 17.6. The van der Waals surface area contributed by atoms with Gasteiger partial charge in [-0.05, 0) is 47.5 Å². The Bertz CT molecular complexity index is 739. The lowest BCUT2D eigenvalue weighted by Crippen LogP contribution is -2.15. The molecule has 1 amide bonds. The lowest BCUT2D eigenvalue weighted by atomic mass is 10.2. The fourth-order valence-corrected chi connectivity index (χ4v) is 2.46. The molecule has 0 saturated carbocycles. The van der Waals surface area contributed by atoms with Crippen molar-refractivity contribution in [2.45, 2.75) is 13.8 Å². The third kappa shape index (κ3) is 2.94. The number of nitrogens with zero attached hydrogens (tertiary/aromatic N) is 3. The van der Waals surface area contributed by atoms with Gasteiger partial charge in [0.2, 0.25) is 5.69 Å². The number of aromatic nitrogens is 2. The van der Waals surface area contributed by atoms with Crippen LogP contribution in [-0.2, 0) is 7.05 Å². The van der Waals surface area contributed by atoms with E-state index in [4.69, 9.17) is 0 Å². The van der Waals surface area contributed by atoms with Crippen molar-refractivity contribution in [1.29, 1.82) is 0 Å². The van der Waals surface area contributed by atoms with Gasteiger partial charge in [-0.1, -0.05) is 6.07 Å². The van der Waals surface area contributed by atoms with E-state index >= 15 is 0 Å². The molecule has 0 radical (unpaired) electrons. The fraction of sp³-hybridized carbons (Fsp3) is 0.231. The van der Waals surface area contributed by atoms with E-state index in [2.05, 4.69) is 26.3 Å². The van der Waals surface area contributed by atoms with E-state index < -0.39 is 10.8 Å². The summed E-state index contributed by atoms with van der Waals surface area (Å²) in [5.74, 6) is -0.616. The van der Waals surface area contributed by atoms with Crippen LogP contribution in [0.25, 0.3) is 0 Å². The van der Waals surface area contributed by atoms with Crippen molar-refractivity contribution in [1.82, 2.24) is 9.78 Å². The number of anilines is 1. The third-order valence-electron chi connectivity index (χ3n) is 3.07. The first-order valence-corrected chi connectivity index (χ1v) is 6.86. The van der Waals surface area contributed by atoms with Gasteiger partial charge in [0.05, 0.1) is 10.6 Å². The van der Waals surface area contributed by atoms with Crippen molar-refractivity contribution in [3.05, 3.63) is 49.7 Å².